The Balaban J connectivity index is 2.57. The standard InChI is InChI=1S/C13H8Br2N2O/c1-6-5-8(15)11-12(13(6)18)16-9-4-2-3-7(14)10(9)17-11/h2-5,18H,1H3. The maximum Gasteiger partial charge on any atom is 0.146 e. The van der Waals surface area contributed by atoms with Crippen LogP contribution in [0.4, 0.5) is 0 Å². The summed E-state index contributed by atoms with van der Waals surface area (Å²) in [6.45, 7) is 1.84. The largest absolute Gasteiger partial charge is 0.505 e. The zero-order valence-electron chi connectivity index (χ0n) is 9.41. The number of aromatic nitrogens is 2. The van der Waals surface area contributed by atoms with Crippen molar-refractivity contribution in [2.24, 2.45) is 0 Å². The number of fused-ring (bicyclic) bond motifs is 2. The molecule has 0 aliphatic heterocycles. The molecule has 0 aliphatic rings. The van der Waals surface area contributed by atoms with E-state index in [4.69, 9.17) is 0 Å². The molecular weight excluding hydrogens is 360 g/mol. The quantitative estimate of drug-likeness (QED) is 0.602. The second kappa shape index (κ2) is 4.17. The molecule has 0 saturated carbocycles. The highest BCUT2D eigenvalue weighted by molar-refractivity contribution is 9.11. The van der Waals surface area contributed by atoms with Crippen LogP contribution in [0.5, 0.6) is 5.75 Å². The lowest BCUT2D eigenvalue weighted by Gasteiger charge is -2.07. The van der Waals surface area contributed by atoms with Gasteiger partial charge in [-0.05, 0) is 62.5 Å². The highest BCUT2D eigenvalue weighted by Crippen LogP contribution is 2.34. The van der Waals surface area contributed by atoms with E-state index in [1.165, 1.54) is 0 Å². The summed E-state index contributed by atoms with van der Waals surface area (Å²) in [4.78, 5) is 9.05. The van der Waals surface area contributed by atoms with Crippen molar-refractivity contribution in [2.75, 3.05) is 0 Å². The minimum Gasteiger partial charge on any atom is -0.505 e. The van der Waals surface area contributed by atoms with Gasteiger partial charge in [-0.3, -0.25) is 0 Å². The zero-order valence-corrected chi connectivity index (χ0v) is 12.6. The van der Waals surface area contributed by atoms with E-state index in [2.05, 4.69) is 41.8 Å². The normalized spacial score (nSPS) is 11.3. The maximum absolute atomic E-state index is 10.1. The Kier molecular flexibility index (Phi) is 2.75. The van der Waals surface area contributed by atoms with Crippen LogP contribution in [0.2, 0.25) is 0 Å². The molecule has 0 unspecified atom stereocenters. The number of aryl methyl sites for hydroxylation is 1. The molecule has 2 aromatic carbocycles. The van der Waals surface area contributed by atoms with Crippen LogP contribution in [0, 0.1) is 6.92 Å². The highest BCUT2D eigenvalue weighted by atomic mass is 79.9. The van der Waals surface area contributed by atoms with Crippen molar-refractivity contribution in [3.63, 3.8) is 0 Å². The van der Waals surface area contributed by atoms with Crippen LogP contribution in [0.1, 0.15) is 5.56 Å². The predicted molar refractivity (Wildman–Crippen MR) is 78.8 cm³/mol. The lowest BCUT2D eigenvalue weighted by atomic mass is 10.1. The van der Waals surface area contributed by atoms with E-state index < -0.39 is 0 Å². The molecule has 0 atom stereocenters. The van der Waals surface area contributed by atoms with E-state index in [-0.39, 0.29) is 5.75 Å². The van der Waals surface area contributed by atoms with Crippen LogP contribution < -0.4 is 0 Å². The number of phenolic OH excluding ortho intramolecular Hbond substituents is 1. The summed E-state index contributed by atoms with van der Waals surface area (Å²) < 4.78 is 1.72. The lowest BCUT2D eigenvalue weighted by molar-refractivity contribution is 0.476. The van der Waals surface area contributed by atoms with Crippen LogP contribution in [0.15, 0.2) is 33.2 Å². The van der Waals surface area contributed by atoms with E-state index >= 15 is 0 Å². The van der Waals surface area contributed by atoms with E-state index in [9.17, 15) is 5.11 Å². The average molecular weight is 368 g/mol. The molecule has 0 radical (unpaired) electrons. The molecule has 90 valence electrons. The lowest BCUT2D eigenvalue weighted by Crippen LogP contribution is -1.91. The van der Waals surface area contributed by atoms with E-state index in [0.29, 0.717) is 11.0 Å². The summed E-state index contributed by atoms with van der Waals surface area (Å²) in [6, 6.07) is 7.54. The van der Waals surface area contributed by atoms with Crippen molar-refractivity contribution in [1.29, 1.82) is 0 Å². The van der Waals surface area contributed by atoms with Gasteiger partial charge in [-0.15, -0.1) is 0 Å². The topological polar surface area (TPSA) is 46.0 Å². The monoisotopic (exact) mass is 366 g/mol. The van der Waals surface area contributed by atoms with Gasteiger partial charge in [0.1, 0.15) is 22.3 Å². The Bertz CT molecular complexity index is 787. The first-order valence-electron chi connectivity index (χ1n) is 5.32. The third kappa shape index (κ3) is 1.69. The van der Waals surface area contributed by atoms with Crippen molar-refractivity contribution < 1.29 is 5.11 Å². The Morgan fingerprint density at radius 3 is 2.56 bits per heavy atom. The third-order valence-corrected chi connectivity index (χ3v) is 4.06. The minimum atomic E-state index is 0.183. The summed E-state index contributed by atoms with van der Waals surface area (Å²) in [5.41, 5.74) is 3.50. The first kappa shape index (κ1) is 11.9. The molecule has 3 nitrogen and oxygen atoms in total. The Labute approximate surface area is 120 Å². The SMILES string of the molecule is Cc1cc(Br)c2nc3c(Br)cccc3nc2c1O. The molecule has 1 aromatic heterocycles. The Morgan fingerprint density at radius 2 is 1.78 bits per heavy atom. The van der Waals surface area contributed by atoms with Crippen molar-refractivity contribution in [1.82, 2.24) is 9.97 Å². The van der Waals surface area contributed by atoms with Gasteiger partial charge in [0.15, 0.2) is 0 Å². The molecule has 0 amide bonds. The van der Waals surface area contributed by atoms with E-state index in [1.807, 2.05) is 31.2 Å². The number of para-hydroxylation sites is 1. The van der Waals surface area contributed by atoms with E-state index in [0.717, 1.165) is 25.5 Å². The number of hydrogen-bond donors (Lipinski definition) is 1. The Hall–Kier alpha value is -1.20. The third-order valence-electron chi connectivity index (χ3n) is 2.81. The molecule has 1 heterocycles. The second-order valence-electron chi connectivity index (χ2n) is 4.05. The number of phenols is 1. The smallest absolute Gasteiger partial charge is 0.146 e. The fraction of sp³-hybridized carbons (Fsp3) is 0.0769. The van der Waals surface area contributed by atoms with Crippen LogP contribution in [0.25, 0.3) is 22.1 Å². The molecule has 0 aliphatic carbocycles. The maximum atomic E-state index is 10.1. The molecule has 0 bridgehead atoms. The summed E-state index contributed by atoms with van der Waals surface area (Å²) in [5, 5.41) is 10.1. The molecule has 18 heavy (non-hydrogen) atoms. The highest BCUT2D eigenvalue weighted by Gasteiger charge is 2.12. The van der Waals surface area contributed by atoms with Gasteiger partial charge >= 0.3 is 0 Å². The zero-order chi connectivity index (χ0) is 12.9. The number of rotatable bonds is 0. The summed E-state index contributed by atoms with van der Waals surface area (Å²) in [7, 11) is 0. The molecule has 5 heteroatoms. The fourth-order valence-electron chi connectivity index (χ4n) is 1.89. The van der Waals surface area contributed by atoms with Gasteiger partial charge in [0.2, 0.25) is 0 Å². The van der Waals surface area contributed by atoms with Crippen LogP contribution in [-0.2, 0) is 0 Å². The van der Waals surface area contributed by atoms with Crippen LogP contribution >= 0.6 is 31.9 Å². The predicted octanol–water partition coefficient (Wildman–Crippen LogP) is 4.32. The molecule has 0 spiro atoms. The molecule has 3 rings (SSSR count). The van der Waals surface area contributed by atoms with Gasteiger partial charge in [-0.1, -0.05) is 6.07 Å². The number of hydrogen-bond acceptors (Lipinski definition) is 3. The van der Waals surface area contributed by atoms with Crippen molar-refractivity contribution in [3.8, 4) is 5.75 Å². The van der Waals surface area contributed by atoms with Crippen molar-refractivity contribution in [3.05, 3.63) is 38.8 Å². The van der Waals surface area contributed by atoms with Crippen LogP contribution in [0.3, 0.4) is 0 Å². The first-order chi connectivity index (χ1) is 8.58. The van der Waals surface area contributed by atoms with Gasteiger partial charge in [0, 0.05) is 8.95 Å². The fourth-order valence-corrected chi connectivity index (χ4v) is 2.95. The van der Waals surface area contributed by atoms with Gasteiger partial charge in [0.25, 0.3) is 0 Å². The van der Waals surface area contributed by atoms with Gasteiger partial charge in [0.05, 0.1) is 5.52 Å². The summed E-state index contributed by atoms with van der Waals surface area (Å²) >= 11 is 6.92. The van der Waals surface area contributed by atoms with Crippen molar-refractivity contribution in [2.45, 2.75) is 6.92 Å². The molecule has 1 N–H and O–H groups in total. The summed E-state index contributed by atoms with van der Waals surface area (Å²) in [6.07, 6.45) is 0. The number of halogens is 2. The van der Waals surface area contributed by atoms with Crippen molar-refractivity contribution >= 4 is 53.9 Å². The number of nitrogens with zero attached hydrogens (tertiary/aromatic N) is 2. The Morgan fingerprint density at radius 1 is 1.00 bits per heavy atom. The molecule has 0 saturated heterocycles. The molecule has 0 fully saturated rings. The average Bonchev–Trinajstić information content (AvgIpc) is 2.35. The number of benzene rings is 2. The van der Waals surface area contributed by atoms with Gasteiger partial charge in [-0.2, -0.15) is 0 Å². The molecular formula is C13H8Br2N2O. The summed E-state index contributed by atoms with van der Waals surface area (Å²) in [5.74, 6) is 0.183. The van der Waals surface area contributed by atoms with Gasteiger partial charge < -0.3 is 5.11 Å². The van der Waals surface area contributed by atoms with Crippen LogP contribution in [-0.4, -0.2) is 15.1 Å². The minimum absolute atomic E-state index is 0.183. The molecule has 3 aromatic rings. The second-order valence-corrected chi connectivity index (χ2v) is 5.76. The first-order valence-corrected chi connectivity index (χ1v) is 6.90. The van der Waals surface area contributed by atoms with Gasteiger partial charge in [-0.25, -0.2) is 9.97 Å². The number of aromatic hydroxyl groups is 1. The van der Waals surface area contributed by atoms with E-state index in [1.54, 1.807) is 0 Å².